The van der Waals surface area contributed by atoms with Crippen LogP contribution in [0, 0.1) is 0 Å². The van der Waals surface area contributed by atoms with Gasteiger partial charge < -0.3 is 18.9 Å². The van der Waals surface area contributed by atoms with E-state index in [4.69, 9.17) is 14.5 Å². The second kappa shape index (κ2) is 7.19. The van der Waals surface area contributed by atoms with Crippen molar-refractivity contribution in [3.8, 4) is 0 Å². The Morgan fingerprint density at radius 3 is 2.69 bits per heavy atom. The van der Waals surface area contributed by atoms with Crippen molar-refractivity contribution in [1.29, 1.82) is 0 Å². The summed E-state index contributed by atoms with van der Waals surface area (Å²) in [5.74, 6) is -0.119. The molecular formula is C21H25N3O2. The van der Waals surface area contributed by atoms with E-state index < -0.39 is 5.79 Å². The molecule has 0 radical (unpaired) electrons. The van der Waals surface area contributed by atoms with Gasteiger partial charge in [-0.15, -0.1) is 0 Å². The van der Waals surface area contributed by atoms with Gasteiger partial charge in [-0.05, 0) is 39.2 Å². The number of aromatic nitrogens is 2. The molecule has 0 fully saturated rings. The lowest BCUT2D eigenvalue weighted by molar-refractivity contribution is -0.236. The molecular weight excluding hydrogens is 326 g/mol. The summed E-state index contributed by atoms with van der Waals surface area (Å²) < 4.78 is 15.0. The Balaban J connectivity index is 1.77. The largest absolute Gasteiger partial charge is 0.340 e. The van der Waals surface area contributed by atoms with Gasteiger partial charge in [0.15, 0.2) is 5.82 Å². The van der Waals surface area contributed by atoms with Gasteiger partial charge in [-0.25, -0.2) is 4.98 Å². The first-order valence-corrected chi connectivity index (χ1v) is 9.14. The average Bonchev–Trinajstić information content (AvgIpc) is 3.06. The second-order valence-electron chi connectivity index (χ2n) is 6.91. The molecule has 1 unspecified atom stereocenters. The molecule has 1 aliphatic rings. The lowest BCUT2D eigenvalue weighted by Crippen LogP contribution is -2.42. The Morgan fingerprint density at radius 2 is 1.88 bits per heavy atom. The van der Waals surface area contributed by atoms with Gasteiger partial charge in [0.25, 0.3) is 5.79 Å². The van der Waals surface area contributed by atoms with Crippen LogP contribution in [0.2, 0.25) is 0 Å². The van der Waals surface area contributed by atoms with Crippen molar-refractivity contribution in [3.05, 3.63) is 66.0 Å². The Labute approximate surface area is 154 Å². The van der Waals surface area contributed by atoms with Crippen molar-refractivity contribution in [2.24, 2.45) is 0 Å². The quantitative estimate of drug-likeness (QED) is 0.639. The first kappa shape index (κ1) is 17.2. The SMILES string of the molecule is CN(C)CCCOC1(c2ccccc2)OCCn2c1nc1ccccc12. The standard InChI is InChI=1S/C21H25N3O2/c1-23(2)13-8-15-25-21(17-9-4-3-5-10-17)20-22-18-11-6-7-12-19(18)24(20)14-16-26-21/h3-7,9-12H,8,13-16H2,1-2H3. The number of para-hydroxylation sites is 2. The van der Waals surface area contributed by atoms with Gasteiger partial charge in [0.2, 0.25) is 0 Å². The Morgan fingerprint density at radius 1 is 1.12 bits per heavy atom. The Hall–Kier alpha value is -2.21. The summed E-state index contributed by atoms with van der Waals surface area (Å²) in [4.78, 5) is 7.06. The van der Waals surface area contributed by atoms with Crippen LogP contribution < -0.4 is 0 Å². The Kier molecular flexibility index (Phi) is 4.76. The van der Waals surface area contributed by atoms with Gasteiger partial charge in [0.1, 0.15) is 0 Å². The molecule has 26 heavy (non-hydrogen) atoms. The summed E-state index contributed by atoms with van der Waals surface area (Å²) in [6.45, 7) is 2.96. The third-order valence-electron chi connectivity index (χ3n) is 4.78. The van der Waals surface area contributed by atoms with E-state index in [-0.39, 0.29) is 0 Å². The number of rotatable bonds is 6. The predicted molar refractivity (Wildman–Crippen MR) is 102 cm³/mol. The molecule has 1 aliphatic heterocycles. The predicted octanol–water partition coefficient (Wildman–Crippen LogP) is 3.24. The second-order valence-corrected chi connectivity index (χ2v) is 6.91. The van der Waals surface area contributed by atoms with Gasteiger partial charge in [-0.1, -0.05) is 42.5 Å². The van der Waals surface area contributed by atoms with E-state index in [2.05, 4.69) is 47.8 Å². The number of imidazole rings is 1. The van der Waals surface area contributed by atoms with Crippen LogP contribution >= 0.6 is 0 Å². The van der Waals surface area contributed by atoms with Crippen molar-refractivity contribution in [2.45, 2.75) is 18.8 Å². The lowest BCUT2D eigenvalue weighted by atomic mass is 10.0. The number of benzene rings is 2. The third kappa shape index (κ3) is 3.03. The van der Waals surface area contributed by atoms with E-state index in [1.54, 1.807) is 0 Å². The van der Waals surface area contributed by atoms with E-state index in [0.717, 1.165) is 41.9 Å². The number of hydrogen-bond donors (Lipinski definition) is 0. The zero-order valence-electron chi connectivity index (χ0n) is 15.4. The first-order valence-electron chi connectivity index (χ1n) is 9.14. The van der Waals surface area contributed by atoms with Crippen molar-refractivity contribution in [3.63, 3.8) is 0 Å². The summed E-state index contributed by atoms with van der Waals surface area (Å²) in [5.41, 5.74) is 3.09. The van der Waals surface area contributed by atoms with Crippen LogP contribution in [-0.2, 0) is 21.8 Å². The highest BCUT2D eigenvalue weighted by molar-refractivity contribution is 5.76. The zero-order chi connectivity index (χ0) is 18.0. The van der Waals surface area contributed by atoms with Crippen molar-refractivity contribution in [2.75, 3.05) is 33.9 Å². The van der Waals surface area contributed by atoms with Crippen molar-refractivity contribution in [1.82, 2.24) is 14.5 Å². The molecule has 0 aliphatic carbocycles. The summed E-state index contributed by atoms with van der Waals surface area (Å²) >= 11 is 0. The fourth-order valence-electron chi connectivity index (χ4n) is 3.55. The summed E-state index contributed by atoms with van der Waals surface area (Å²) in [5, 5.41) is 0. The molecule has 4 rings (SSSR count). The van der Waals surface area contributed by atoms with Crippen LogP contribution in [0.4, 0.5) is 0 Å². The number of nitrogens with zero attached hydrogens (tertiary/aromatic N) is 3. The monoisotopic (exact) mass is 351 g/mol. The van der Waals surface area contributed by atoms with Gasteiger partial charge >= 0.3 is 0 Å². The van der Waals surface area contributed by atoms with Gasteiger partial charge in [0.05, 0.1) is 24.2 Å². The molecule has 0 saturated heterocycles. The topological polar surface area (TPSA) is 39.5 Å². The number of hydrogen-bond acceptors (Lipinski definition) is 4. The normalized spacial score (nSPS) is 19.8. The maximum absolute atomic E-state index is 6.43. The minimum Gasteiger partial charge on any atom is -0.340 e. The lowest BCUT2D eigenvalue weighted by Gasteiger charge is -2.37. The highest BCUT2D eigenvalue weighted by Gasteiger charge is 2.44. The zero-order valence-corrected chi connectivity index (χ0v) is 15.4. The fraction of sp³-hybridized carbons (Fsp3) is 0.381. The van der Waals surface area contributed by atoms with E-state index in [1.165, 1.54) is 0 Å². The molecule has 0 spiro atoms. The molecule has 0 saturated carbocycles. The smallest absolute Gasteiger partial charge is 0.256 e. The molecule has 2 aromatic carbocycles. The highest BCUT2D eigenvalue weighted by Crippen LogP contribution is 2.39. The molecule has 0 bridgehead atoms. The minimum atomic E-state index is -0.954. The van der Waals surface area contributed by atoms with Gasteiger partial charge in [0, 0.05) is 12.1 Å². The van der Waals surface area contributed by atoms with Crippen LogP contribution in [0.1, 0.15) is 17.8 Å². The Bertz CT molecular complexity index is 875. The first-order chi connectivity index (χ1) is 12.7. The van der Waals surface area contributed by atoms with E-state index in [0.29, 0.717) is 13.2 Å². The molecule has 136 valence electrons. The van der Waals surface area contributed by atoms with Crippen LogP contribution in [0.25, 0.3) is 11.0 Å². The molecule has 1 atom stereocenters. The maximum atomic E-state index is 6.43. The third-order valence-corrected chi connectivity index (χ3v) is 4.78. The summed E-state index contributed by atoms with van der Waals surface area (Å²) in [6.07, 6.45) is 0.936. The van der Waals surface area contributed by atoms with Crippen molar-refractivity contribution >= 4 is 11.0 Å². The fourth-order valence-corrected chi connectivity index (χ4v) is 3.55. The van der Waals surface area contributed by atoms with Crippen molar-refractivity contribution < 1.29 is 9.47 Å². The van der Waals surface area contributed by atoms with Crippen LogP contribution in [0.5, 0.6) is 0 Å². The van der Waals surface area contributed by atoms with E-state index >= 15 is 0 Å². The van der Waals surface area contributed by atoms with Crippen LogP contribution in [-0.4, -0.2) is 48.3 Å². The molecule has 0 N–H and O–H groups in total. The summed E-state index contributed by atoms with van der Waals surface area (Å²) in [7, 11) is 4.15. The summed E-state index contributed by atoms with van der Waals surface area (Å²) in [6, 6.07) is 18.4. The van der Waals surface area contributed by atoms with Gasteiger partial charge in [-0.2, -0.15) is 0 Å². The molecule has 5 nitrogen and oxygen atoms in total. The average molecular weight is 351 g/mol. The minimum absolute atomic E-state index is 0.593. The number of ether oxygens (including phenoxy) is 2. The molecule has 1 aromatic heterocycles. The number of fused-ring (bicyclic) bond motifs is 3. The van der Waals surface area contributed by atoms with E-state index in [9.17, 15) is 0 Å². The molecule has 3 aromatic rings. The molecule has 0 amide bonds. The molecule has 2 heterocycles. The van der Waals surface area contributed by atoms with Crippen LogP contribution in [0.3, 0.4) is 0 Å². The van der Waals surface area contributed by atoms with Crippen LogP contribution in [0.15, 0.2) is 54.6 Å². The molecule has 5 heteroatoms. The van der Waals surface area contributed by atoms with Gasteiger partial charge in [-0.3, -0.25) is 0 Å². The van der Waals surface area contributed by atoms with E-state index in [1.807, 2.05) is 30.3 Å². The highest BCUT2D eigenvalue weighted by atomic mass is 16.7. The maximum Gasteiger partial charge on any atom is 0.256 e.